The smallest absolute Gasteiger partial charge is 0.259 e. The number of phenolic OH excluding ortho intramolecular Hbond substituents is 1. The van der Waals surface area contributed by atoms with Crippen LogP contribution in [0.5, 0.6) is 11.5 Å². The van der Waals surface area contributed by atoms with Gasteiger partial charge >= 0.3 is 0 Å². The third-order valence-electron chi connectivity index (χ3n) is 3.13. The minimum atomic E-state index is -0.498. The fraction of sp³-hybridized carbons (Fsp3) is 0.118. The second-order valence-corrected chi connectivity index (χ2v) is 5.80. The van der Waals surface area contributed by atoms with Gasteiger partial charge in [0.1, 0.15) is 0 Å². The minimum absolute atomic E-state index is 0.0962. The lowest BCUT2D eigenvalue weighted by Crippen LogP contribution is -2.34. The van der Waals surface area contributed by atoms with Gasteiger partial charge in [-0.2, -0.15) is 5.10 Å². The maximum Gasteiger partial charge on any atom is 0.259 e. The average Bonchev–Trinajstić information content (AvgIpc) is 2.62. The summed E-state index contributed by atoms with van der Waals surface area (Å²) in [4.78, 5) is 23.5. The summed E-state index contributed by atoms with van der Waals surface area (Å²) in [7, 11) is 1.43. The van der Waals surface area contributed by atoms with Crippen LogP contribution in [-0.4, -0.2) is 36.8 Å². The number of hydrogen-bond donors (Lipinski definition) is 3. The third-order valence-corrected chi connectivity index (χ3v) is 3.59. The number of hydrogen-bond acceptors (Lipinski definition) is 5. The lowest BCUT2D eigenvalue weighted by atomic mass is 10.2. The first kappa shape index (κ1) is 18.5. The highest BCUT2D eigenvalue weighted by Gasteiger charge is 2.09. The first-order valence-corrected chi connectivity index (χ1v) is 8.02. The van der Waals surface area contributed by atoms with Gasteiger partial charge in [0.25, 0.3) is 11.8 Å². The number of phenols is 1. The predicted molar refractivity (Wildman–Crippen MR) is 96.9 cm³/mol. The number of ether oxygens (including phenoxy) is 1. The van der Waals surface area contributed by atoms with E-state index in [1.807, 2.05) is 0 Å². The fourth-order valence-electron chi connectivity index (χ4n) is 1.91. The molecule has 2 aromatic rings. The number of benzene rings is 2. The Kier molecular flexibility index (Phi) is 6.53. The number of aromatic hydroxyl groups is 1. The Bertz CT molecular complexity index is 794. The lowest BCUT2D eigenvalue weighted by Gasteiger charge is -2.07. The molecule has 7 nitrogen and oxygen atoms in total. The van der Waals surface area contributed by atoms with Gasteiger partial charge in [0.15, 0.2) is 11.5 Å². The second-order valence-electron chi connectivity index (χ2n) is 4.89. The molecule has 0 saturated heterocycles. The summed E-state index contributed by atoms with van der Waals surface area (Å²) in [6.45, 7) is -0.223. The molecule has 2 rings (SSSR count). The molecule has 0 aromatic heterocycles. The van der Waals surface area contributed by atoms with E-state index in [0.717, 1.165) is 0 Å². The monoisotopic (exact) mass is 405 g/mol. The lowest BCUT2D eigenvalue weighted by molar-refractivity contribution is -0.120. The summed E-state index contributed by atoms with van der Waals surface area (Å²) in [6, 6.07) is 11.8. The largest absolute Gasteiger partial charge is 0.504 e. The van der Waals surface area contributed by atoms with E-state index in [2.05, 4.69) is 31.8 Å². The summed E-state index contributed by atoms with van der Waals surface area (Å²) in [5, 5.41) is 16.2. The summed E-state index contributed by atoms with van der Waals surface area (Å²) < 4.78 is 5.71. The molecule has 0 aliphatic carbocycles. The molecule has 3 N–H and O–H groups in total. The summed E-state index contributed by atoms with van der Waals surface area (Å²) in [6.07, 6.45) is 1.28. The third kappa shape index (κ3) is 5.32. The van der Waals surface area contributed by atoms with Gasteiger partial charge in [0.2, 0.25) is 0 Å². The highest BCUT2D eigenvalue weighted by atomic mass is 79.9. The van der Waals surface area contributed by atoms with E-state index < -0.39 is 5.91 Å². The molecule has 0 heterocycles. The number of carbonyl (C=O) groups is 2. The molecule has 0 aliphatic heterocycles. The van der Waals surface area contributed by atoms with Gasteiger partial charge < -0.3 is 15.2 Å². The van der Waals surface area contributed by atoms with Crippen LogP contribution in [0.2, 0.25) is 0 Å². The number of hydrazone groups is 1. The maximum absolute atomic E-state index is 11.8. The molecule has 2 amide bonds. The van der Waals surface area contributed by atoms with E-state index >= 15 is 0 Å². The summed E-state index contributed by atoms with van der Waals surface area (Å²) >= 11 is 3.28. The molecule has 0 bridgehead atoms. The topological polar surface area (TPSA) is 100 Å². The van der Waals surface area contributed by atoms with Crippen molar-refractivity contribution in [3.05, 3.63) is 58.1 Å². The Morgan fingerprint density at radius 3 is 2.68 bits per heavy atom. The predicted octanol–water partition coefficient (Wildman–Crippen LogP) is 2.04. The Labute approximate surface area is 152 Å². The molecule has 0 aliphatic rings. The molecule has 8 heteroatoms. The molecule has 2 aromatic carbocycles. The highest BCUT2D eigenvalue weighted by molar-refractivity contribution is 9.10. The zero-order valence-corrected chi connectivity index (χ0v) is 14.9. The Morgan fingerprint density at radius 1 is 1.28 bits per heavy atom. The van der Waals surface area contributed by atoms with Crippen molar-refractivity contribution >= 4 is 34.0 Å². The van der Waals surface area contributed by atoms with Gasteiger partial charge in [-0.1, -0.05) is 34.1 Å². The highest BCUT2D eigenvalue weighted by Crippen LogP contribution is 2.32. The average molecular weight is 406 g/mol. The van der Waals surface area contributed by atoms with Gasteiger partial charge in [0.05, 0.1) is 19.9 Å². The van der Waals surface area contributed by atoms with Crippen molar-refractivity contribution in [1.82, 2.24) is 10.7 Å². The zero-order valence-electron chi connectivity index (χ0n) is 13.3. The van der Waals surface area contributed by atoms with Crippen LogP contribution in [0.15, 0.2) is 52.0 Å². The van der Waals surface area contributed by atoms with Crippen molar-refractivity contribution in [1.29, 1.82) is 0 Å². The molecule has 0 saturated carbocycles. The Morgan fingerprint density at radius 2 is 2.00 bits per heavy atom. The first-order chi connectivity index (χ1) is 12.0. The SMILES string of the molecule is COc1cc(Br)cc(/C=N\NC(=O)CNC(=O)c2ccccc2)c1O. The summed E-state index contributed by atoms with van der Waals surface area (Å²) in [5.74, 6) is -0.672. The van der Waals surface area contributed by atoms with Gasteiger partial charge in [0, 0.05) is 15.6 Å². The normalized spacial score (nSPS) is 10.5. The molecule has 0 atom stereocenters. The van der Waals surface area contributed by atoms with Crippen molar-refractivity contribution in [2.75, 3.05) is 13.7 Å². The van der Waals surface area contributed by atoms with Crippen LogP contribution in [-0.2, 0) is 4.79 Å². The standard InChI is InChI=1S/C17H16BrN3O4/c1-25-14-8-13(18)7-12(16(14)23)9-20-21-15(22)10-19-17(24)11-5-3-2-4-6-11/h2-9,23H,10H2,1H3,(H,19,24)(H,21,22)/b20-9-. The van der Waals surface area contributed by atoms with Crippen molar-refractivity contribution in [2.45, 2.75) is 0 Å². The van der Waals surface area contributed by atoms with Crippen molar-refractivity contribution < 1.29 is 19.4 Å². The molecule has 0 spiro atoms. The zero-order chi connectivity index (χ0) is 18.2. The van der Waals surface area contributed by atoms with Crippen LogP contribution in [0.4, 0.5) is 0 Å². The van der Waals surface area contributed by atoms with Gasteiger partial charge in [-0.05, 0) is 24.3 Å². The van der Waals surface area contributed by atoms with E-state index in [-0.39, 0.29) is 24.0 Å². The van der Waals surface area contributed by atoms with E-state index in [0.29, 0.717) is 15.6 Å². The van der Waals surface area contributed by atoms with E-state index in [1.54, 1.807) is 42.5 Å². The second kappa shape index (κ2) is 8.84. The number of carbonyl (C=O) groups excluding carboxylic acids is 2. The molecule has 25 heavy (non-hydrogen) atoms. The molecule has 130 valence electrons. The van der Waals surface area contributed by atoms with Gasteiger partial charge in [-0.15, -0.1) is 0 Å². The van der Waals surface area contributed by atoms with E-state index in [1.165, 1.54) is 13.3 Å². The number of rotatable bonds is 6. The Hall–Kier alpha value is -2.87. The molecule has 0 unspecified atom stereocenters. The van der Waals surface area contributed by atoms with Crippen LogP contribution in [0.3, 0.4) is 0 Å². The number of methoxy groups -OCH3 is 1. The van der Waals surface area contributed by atoms with Crippen molar-refractivity contribution in [3.8, 4) is 11.5 Å². The van der Waals surface area contributed by atoms with Crippen LogP contribution < -0.4 is 15.5 Å². The first-order valence-electron chi connectivity index (χ1n) is 7.23. The number of halogens is 1. The van der Waals surface area contributed by atoms with Crippen LogP contribution in [0.25, 0.3) is 0 Å². The fourth-order valence-corrected chi connectivity index (χ4v) is 2.37. The molecule has 0 fully saturated rings. The molecular formula is C17H16BrN3O4. The van der Waals surface area contributed by atoms with Gasteiger partial charge in [-0.25, -0.2) is 5.43 Å². The van der Waals surface area contributed by atoms with E-state index in [4.69, 9.17) is 4.74 Å². The molecule has 0 radical (unpaired) electrons. The van der Waals surface area contributed by atoms with E-state index in [9.17, 15) is 14.7 Å². The number of nitrogens with one attached hydrogen (secondary N) is 2. The number of nitrogens with zero attached hydrogens (tertiary/aromatic N) is 1. The van der Waals surface area contributed by atoms with Gasteiger partial charge in [-0.3, -0.25) is 9.59 Å². The minimum Gasteiger partial charge on any atom is -0.504 e. The number of amides is 2. The van der Waals surface area contributed by atoms with Crippen molar-refractivity contribution in [2.24, 2.45) is 5.10 Å². The molecular weight excluding hydrogens is 390 g/mol. The van der Waals surface area contributed by atoms with Crippen LogP contribution in [0.1, 0.15) is 15.9 Å². The Balaban J connectivity index is 1.89. The van der Waals surface area contributed by atoms with Crippen LogP contribution >= 0.6 is 15.9 Å². The summed E-state index contributed by atoms with van der Waals surface area (Å²) in [5.41, 5.74) is 3.09. The quantitative estimate of drug-likeness (QED) is 0.505. The van der Waals surface area contributed by atoms with Crippen molar-refractivity contribution in [3.63, 3.8) is 0 Å². The van der Waals surface area contributed by atoms with Crippen LogP contribution in [0, 0.1) is 0 Å². The maximum atomic E-state index is 11.8.